The van der Waals surface area contributed by atoms with E-state index in [-0.39, 0.29) is 0 Å². The molecule has 0 bridgehead atoms. The molecule has 0 atom stereocenters. The molecule has 3 nitrogen and oxygen atoms in total. The second kappa shape index (κ2) is 9.84. The van der Waals surface area contributed by atoms with Crippen LogP contribution in [0.25, 0.3) is 0 Å². The fraction of sp³-hybridized carbons (Fsp3) is 0.167. The van der Waals surface area contributed by atoms with Crippen molar-refractivity contribution in [2.75, 3.05) is 0 Å². The van der Waals surface area contributed by atoms with Gasteiger partial charge in [0.15, 0.2) is 12.4 Å². The maximum absolute atomic E-state index is 9.75. The van der Waals surface area contributed by atoms with Crippen LogP contribution in [0.2, 0.25) is 0 Å². The van der Waals surface area contributed by atoms with Crippen LogP contribution in [0.1, 0.15) is 0 Å². The third-order valence-electron chi connectivity index (χ3n) is 2.22. The van der Waals surface area contributed by atoms with E-state index in [1.807, 2.05) is 72.0 Å². The van der Waals surface area contributed by atoms with Crippen LogP contribution in [0.3, 0.4) is 0 Å². The SMILES string of the molecule is C[n+]1ccccc1Oc1cccc[n+]1C.F[B-](F)(F)F.F[B-](F)(F)F. The highest BCUT2D eigenvalue weighted by atomic mass is 19.5. The second-order valence-electron chi connectivity index (χ2n) is 4.39. The Morgan fingerprint density at radius 1 is 0.640 bits per heavy atom. The van der Waals surface area contributed by atoms with Crippen molar-refractivity contribution in [1.29, 1.82) is 0 Å². The van der Waals surface area contributed by atoms with Gasteiger partial charge in [-0.05, 0) is 12.1 Å². The molecule has 25 heavy (non-hydrogen) atoms. The van der Waals surface area contributed by atoms with Gasteiger partial charge in [0.2, 0.25) is 0 Å². The number of pyridine rings is 2. The molecule has 2 heterocycles. The van der Waals surface area contributed by atoms with Crippen molar-refractivity contribution in [3.05, 3.63) is 48.8 Å². The highest BCUT2D eigenvalue weighted by Crippen LogP contribution is 2.11. The fourth-order valence-electron chi connectivity index (χ4n) is 1.33. The molecule has 0 N–H and O–H groups in total. The van der Waals surface area contributed by atoms with Crippen LogP contribution >= 0.6 is 0 Å². The second-order valence-corrected chi connectivity index (χ2v) is 4.39. The standard InChI is InChI=1S/C12H14N2O.2BF4/c1-13-9-5-3-7-11(13)15-12-8-4-6-10-14(12)2;2*2-1(3,4)5/h3-10H,1-2H3;;/q+2;2*-1. The molecule has 2 rings (SSSR count). The summed E-state index contributed by atoms with van der Waals surface area (Å²) >= 11 is 0. The quantitative estimate of drug-likeness (QED) is 0.444. The molecule has 2 aromatic heterocycles. The predicted molar refractivity (Wildman–Crippen MR) is 75.7 cm³/mol. The van der Waals surface area contributed by atoms with Gasteiger partial charge < -0.3 is 39.3 Å². The van der Waals surface area contributed by atoms with Crippen LogP contribution in [0.4, 0.5) is 34.5 Å². The van der Waals surface area contributed by atoms with Crippen molar-refractivity contribution in [1.82, 2.24) is 0 Å². The first-order chi connectivity index (χ1) is 11.3. The van der Waals surface area contributed by atoms with Crippen LogP contribution in [-0.4, -0.2) is 14.5 Å². The Bertz CT molecular complexity index is 584. The molecule has 0 amide bonds. The van der Waals surface area contributed by atoms with Crippen molar-refractivity contribution < 1.29 is 48.4 Å². The lowest BCUT2D eigenvalue weighted by Gasteiger charge is -2.00. The van der Waals surface area contributed by atoms with Crippen LogP contribution in [0.15, 0.2) is 48.8 Å². The highest BCUT2D eigenvalue weighted by Gasteiger charge is 2.21. The Morgan fingerprint density at radius 2 is 0.920 bits per heavy atom. The average Bonchev–Trinajstić information content (AvgIpc) is 2.40. The minimum atomic E-state index is -6.00. The summed E-state index contributed by atoms with van der Waals surface area (Å²) in [4.78, 5) is 0. The van der Waals surface area contributed by atoms with Crippen molar-refractivity contribution >= 4 is 14.5 Å². The van der Waals surface area contributed by atoms with Crippen molar-refractivity contribution in [3.63, 3.8) is 0 Å². The van der Waals surface area contributed by atoms with Gasteiger partial charge in [-0.2, -0.15) is 9.13 Å². The molecule has 0 aliphatic heterocycles. The van der Waals surface area contributed by atoms with E-state index in [1.165, 1.54) is 0 Å². The van der Waals surface area contributed by atoms with Gasteiger partial charge >= 0.3 is 26.3 Å². The van der Waals surface area contributed by atoms with Gasteiger partial charge in [0.1, 0.15) is 14.1 Å². The molecular formula is C12H14B2F8N2O. The first kappa shape index (κ1) is 22.7. The summed E-state index contributed by atoms with van der Waals surface area (Å²) in [7, 11) is -8.09. The molecule has 0 spiro atoms. The summed E-state index contributed by atoms with van der Waals surface area (Å²) in [6, 6.07) is 11.7. The third kappa shape index (κ3) is 15.0. The fourth-order valence-corrected chi connectivity index (χ4v) is 1.33. The van der Waals surface area contributed by atoms with E-state index in [0.29, 0.717) is 0 Å². The number of aryl methyl sites for hydroxylation is 2. The highest BCUT2D eigenvalue weighted by molar-refractivity contribution is 6.50. The molecule has 0 unspecified atom stereocenters. The number of ether oxygens (including phenoxy) is 1. The summed E-state index contributed by atoms with van der Waals surface area (Å²) in [5.41, 5.74) is 0. The summed E-state index contributed by atoms with van der Waals surface area (Å²) in [5.74, 6) is 1.64. The van der Waals surface area contributed by atoms with E-state index in [9.17, 15) is 34.5 Å². The minimum absolute atomic E-state index is 0.819. The molecule has 13 heteroatoms. The lowest BCUT2D eigenvalue weighted by Crippen LogP contribution is -2.33. The largest absolute Gasteiger partial charge is 0.673 e. The van der Waals surface area contributed by atoms with Crippen LogP contribution < -0.4 is 13.9 Å². The summed E-state index contributed by atoms with van der Waals surface area (Å²) in [6.45, 7) is 0. The number of aromatic nitrogens is 2. The number of hydrogen-bond acceptors (Lipinski definition) is 1. The zero-order chi connectivity index (χ0) is 19.7. The van der Waals surface area contributed by atoms with Gasteiger partial charge in [-0.25, -0.2) is 0 Å². The van der Waals surface area contributed by atoms with Crippen LogP contribution in [-0.2, 0) is 14.1 Å². The van der Waals surface area contributed by atoms with Crippen LogP contribution in [0, 0.1) is 0 Å². The molecule has 0 fully saturated rings. The monoisotopic (exact) mass is 376 g/mol. The van der Waals surface area contributed by atoms with E-state index in [2.05, 4.69) is 0 Å². The molecule has 0 aromatic carbocycles. The zero-order valence-corrected chi connectivity index (χ0v) is 13.1. The molecule has 0 saturated heterocycles. The predicted octanol–water partition coefficient (Wildman–Crippen LogP) is 3.73. The first-order valence-electron chi connectivity index (χ1n) is 6.59. The Balaban J connectivity index is 0.000000480. The molecule has 140 valence electrons. The first-order valence-corrected chi connectivity index (χ1v) is 6.59. The van der Waals surface area contributed by atoms with Gasteiger partial charge in [-0.3, -0.25) is 0 Å². The summed E-state index contributed by atoms with van der Waals surface area (Å²) in [5, 5.41) is 0. The number of rotatable bonds is 2. The normalized spacial score (nSPS) is 10.8. The zero-order valence-electron chi connectivity index (χ0n) is 13.1. The molecule has 0 aliphatic carbocycles. The maximum atomic E-state index is 9.75. The van der Waals surface area contributed by atoms with E-state index in [1.54, 1.807) is 0 Å². The Labute approximate surface area is 138 Å². The lowest BCUT2D eigenvalue weighted by atomic mass is 10.3. The smallest absolute Gasteiger partial charge is 0.418 e. The lowest BCUT2D eigenvalue weighted by molar-refractivity contribution is -0.695. The maximum Gasteiger partial charge on any atom is 0.673 e. The van der Waals surface area contributed by atoms with Crippen molar-refractivity contribution in [2.45, 2.75) is 0 Å². The summed E-state index contributed by atoms with van der Waals surface area (Å²) < 4.78 is 87.6. The molecule has 0 radical (unpaired) electrons. The van der Waals surface area contributed by atoms with Gasteiger partial charge in [-0.1, -0.05) is 0 Å². The summed E-state index contributed by atoms with van der Waals surface area (Å²) in [6.07, 6.45) is 3.91. The van der Waals surface area contributed by atoms with Crippen LogP contribution in [0.5, 0.6) is 11.8 Å². The Kier molecular flexibility index (Phi) is 8.93. The van der Waals surface area contributed by atoms with E-state index < -0.39 is 14.5 Å². The third-order valence-corrected chi connectivity index (χ3v) is 2.22. The van der Waals surface area contributed by atoms with Gasteiger partial charge in [0.05, 0.1) is 12.1 Å². The number of hydrogen-bond donors (Lipinski definition) is 0. The van der Waals surface area contributed by atoms with E-state index in [0.717, 1.165) is 11.8 Å². The number of nitrogens with zero attached hydrogens (tertiary/aromatic N) is 2. The molecule has 0 saturated carbocycles. The van der Waals surface area contributed by atoms with Gasteiger partial charge in [-0.15, -0.1) is 0 Å². The van der Waals surface area contributed by atoms with Gasteiger partial charge in [0, 0.05) is 12.1 Å². The minimum Gasteiger partial charge on any atom is -0.418 e. The Morgan fingerprint density at radius 3 is 1.16 bits per heavy atom. The van der Waals surface area contributed by atoms with E-state index >= 15 is 0 Å². The Hall–Kier alpha value is -2.33. The average molecular weight is 376 g/mol. The number of halogens is 8. The van der Waals surface area contributed by atoms with Gasteiger partial charge in [0.25, 0.3) is 0 Å². The topological polar surface area (TPSA) is 17.0 Å². The van der Waals surface area contributed by atoms with Crippen molar-refractivity contribution in [2.24, 2.45) is 14.1 Å². The molecular weight excluding hydrogens is 362 g/mol. The van der Waals surface area contributed by atoms with E-state index in [4.69, 9.17) is 4.74 Å². The molecule has 0 aliphatic rings. The molecule has 2 aromatic rings. The van der Waals surface area contributed by atoms with Crippen molar-refractivity contribution in [3.8, 4) is 11.8 Å².